The lowest BCUT2D eigenvalue weighted by Gasteiger charge is -2.29. The highest BCUT2D eigenvalue weighted by molar-refractivity contribution is 5.74. The molecule has 1 aliphatic heterocycles. The van der Waals surface area contributed by atoms with Gasteiger partial charge in [-0.3, -0.25) is 0 Å². The lowest BCUT2D eigenvalue weighted by Crippen LogP contribution is -2.25. The number of para-hydroxylation sites is 2. The van der Waals surface area contributed by atoms with Crippen molar-refractivity contribution < 1.29 is 9.47 Å². The molecule has 0 bridgehead atoms. The molecule has 1 saturated carbocycles. The van der Waals surface area contributed by atoms with E-state index in [-0.39, 0.29) is 6.10 Å². The minimum absolute atomic E-state index is 0.245. The van der Waals surface area contributed by atoms with Crippen molar-refractivity contribution in [3.8, 4) is 5.88 Å². The first-order valence-corrected chi connectivity index (χ1v) is 10.5. The van der Waals surface area contributed by atoms with Crippen molar-refractivity contribution in [1.82, 2.24) is 15.0 Å². The maximum Gasteiger partial charge on any atom is 0.217 e. The van der Waals surface area contributed by atoms with E-state index in [9.17, 15) is 0 Å². The summed E-state index contributed by atoms with van der Waals surface area (Å²) in [5.74, 6) is 2.96. The van der Waals surface area contributed by atoms with Gasteiger partial charge in [-0.05, 0) is 62.6 Å². The molecule has 146 valence electrons. The van der Waals surface area contributed by atoms with Gasteiger partial charge in [0.15, 0.2) is 0 Å². The van der Waals surface area contributed by atoms with Gasteiger partial charge in [-0.1, -0.05) is 18.2 Å². The second kappa shape index (κ2) is 7.92. The van der Waals surface area contributed by atoms with Gasteiger partial charge in [0.2, 0.25) is 5.88 Å². The van der Waals surface area contributed by atoms with Crippen LogP contribution >= 0.6 is 0 Å². The largest absolute Gasteiger partial charge is 0.474 e. The number of aromatic nitrogens is 3. The molecular weight excluding hydrogens is 350 g/mol. The molecule has 5 rings (SSSR count). The normalized spacial score (nSPS) is 23.7. The highest BCUT2D eigenvalue weighted by atomic mass is 16.5. The molecule has 1 N–H and O–H groups in total. The van der Waals surface area contributed by atoms with Crippen LogP contribution in [0, 0.1) is 0 Å². The Kier molecular flexibility index (Phi) is 5.00. The Hall–Kier alpha value is -2.40. The van der Waals surface area contributed by atoms with E-state index in [1.54, 1.807) is 0 Å². The predicted molar refractivity (Wildman–Crippen MR) is 109 cm³/mol. The SMILES string of the molecule is c1cnc(OC2CCC(c3nc4ccccc4[nH]3)CC2)c(C2CCOCC2)c1. The van der Waals surface area contributed by atoms with Gasteiger partial charge in [-0.15, -0.1) is 0 Å². The molecule has 2 fully saturated rings. The molecule has 1 aliphatic carbocycles. The quantitative estimate of drug-likeness (QED) is 0.698. The lowest BCUT2D eigenvalue weighted by atomic mass is 9.86. The number of nitrogens with one attached hydrogen (secondary N) is 1. The molecule has 3 aromatic rings. The zero-order chi connectivity index (χ0) is 18.8. The van der Waals surface area contributed by atoms with E-state index >= 15 is 0 Å². The van der Waals surface area contributed by atoms with Crippen LogP contribution < -0.4 is 4.74 Å². The van der Waals surface area contributed by atoms with Crippen LogP contribution in [0.1, 0.15) is 61.7 Å². The van der Waals surface area contributed by atoms with E-state index in [1.807, 2.05) is 18.3 Å². The first kappa shape index (κ1) is 17.7. The molecule has 2 aliphatic rings. The summed E-state index contributed by atoms with van der Waals surface area (Å²) in [6, 6.07) is 12.5. The Labute approximate surface area is 165 Å². The number of imidazole rings is 1. The molecular formula is C23H27N3O2. The minimum atomic E-state index is 0.245. The third-order valence-corrected chi connectivity index (χ3v) is 6.21. The molecule has 1 saturated heterocycles. The molecule has 0 spiro atoms. The summed E-state index contributed by atoms with van der Waals surface area (Å²) in [6.45, 7) is 1.67. The number of aromatic amines is 1. The summed E-state index contributed by atoms with van der Waals surface area (Å²) in [5.41, 5.74) is 3.45. The van der Waals surface area contributed by atoms with Gasteiger partial charge in [0.25, 0.3) is 0 Å². The Morgan fingerprint density at radius 2 is 1.71 bits per heavy atom. The highest BCUT2D eigenvalue weighted by Gasteiger charge is 2.27. The second-order valence-electron chi connectivity index (χ2n) is 8.02. The molecule has 0 amide bonds. The second-order valence-corrected chi connectivity index (χ2v) is 8.02. The number of hydrogen-bond donors (Lipinski definition) is 1. The van der Waals surface area contributed by atoms with Crippen molar-refractivity contribution in [3.63, 3.8) is 0 Å². The first-order valence-electron chi connectivity index (χ1n) is 10.5. The third kappa shape index (κ3) is 3.63. The van der Waals surface area contributed by atoms with Gasteiger partial charge >= 0.3 is 0 Å². The molecule has 0 unspecified atom stereocenters. The maximum absolute atomic E-state index is 6.40. The number of fused-ring (bicyclic) bond motifs is 1. The number of H-pyrrole nitrogens is 1. The predicted octanol–water partition coefficient (Wildman–Crippen LogP) is 4.96. The van der Waals surface area contributed by atoms with Crippen molar-refractivity contribution >= 4 is 11.0 Å². The number of pyridine rings is 1. The molecule has 5 nitrogen and oxygen atoms in total. The fraction of sp³-hybridized carbons (Fsp3) is 0.478. The van der Waals surface area contributed by atoms with Crippen LogP contribution in [0.3, 0.4) is 0 Å². The van der Waals surface area contributed by atoms with Crippen LogP contribution in [0.2, 0.25) is 0 Å². The lowest BCUT2D eigenvalue weighted by molar-refractivity contribution is 0.0828. The van der Waals surface area contributed by atoms with Crippen LogP contribution in [0.25, 0.3) is 11.0 Å². The average Bonchev–Trinajstić information content (AvgIpc) is 3.20. The van der Waals surface area contributed by atoms with Crippen molar-refractivity contribution in [2.45, 2.75) is 56.5 Å². The Balaban J connectivity index is 1.24. The number of nitrogens with zero attached hydrogens (tertiary/aromatic N) is 2. The summed E-state index contributed by atoms with van der Waals surface area (Å²) in [6.07, 6.45) is 8.50. The molecule has 5 heteroatoms. The van der Waals surface area contributed by atoms with Gasteiger partial charge < -0.3 is 14.5 Å². The smallest absolute Gasteiger partial charge is 0.217 e. The molecule has 2 aromatic heterocycles. The number of benzene rings is 1. The minimum Gasteiger partial charge on any atom is -0.474 e. The van der Waals surface area contributed by atoms with Gasteiger partial charge in [0.1, 0.15) is 11.9 Å². The van der Waals surface area contributed by atoms with E-state index in [1.165, 1.54) is 5.56 Å². The summed E-state index contributed by atoms with van der Waals surface area (Å²) >= 11 is 0. The van der Waals surface area contributed by atoms with E-state index in [4.69, 9.17) is 14.5 Å². The van der Waals surface area contributed by atoms with E-state index in [0.29, 0.717) is 11.8 Å². The van der Waals surface area contributed by atoms with Crippen LogP contribution in [0.5, 0.6) is 5.88 Å². The van der Waals surface area contributed by atoms with Crippen LogP contribution in [-0.4, -0.2) is 34.3 Å². The van der Waals surface area contributed by atoms with Gasteiger partial charge in [-0.2, -0.15) is 0 Å². The van der Waals surface area contributed by atoms with E-state index < -0.39 is 0 Å². The third-order valence-electron chi connectivity index (χ3n) is 6.21. The summed E-state index contributed by atoms with van der Waals surface area (Å²) in [7, 11) is 0. The topological polar surface area (TPSA) is 60.0 Å². The molecule has 28 heavy (non-hydrogen) atoms. The zero-order valence-corrected chi connectivity index (χ0v) is 16.1. The molecule has 0 radical (unpaired) electrons. The van der Waals surface area contributed by atoms with E-state index in [2.05, 4.69) is 34.2 Å². The van der Waals surface area contributed by atoms with Crippen LogP contribution in [0.15, 0.2) is 42.6 Å². The van der Waals surface area contributed by atoms with Crippen molar-refractivity contribution in [2.24, 2.45) is 0 Å². The van der Waals surface area contributed by atoms with Crippen LogP contribution in [0.4, 0.5) is 0 Å². The summed E-state index contributed by atoms with van der Waals surface area (Å²) in [4.78, 5) is 12.9. The molecule has 1 aromatic carbocycles. The van der Waals surface area contributed by atoms with E-state index in [0.717, 1.165) is 74.5 Å². The fourth-order valence-electron chi connectivity index (χ4n) is 4.60. The summed E-state index contributed by atoms with van der Waals surface area (Å²) in [5, 5.41) is 0. The highest BCUT2D eigenvalue weighted by Crippen LogP contribution is 2.37. The molecule has 3 heterocycles. The summed E-state index contributed by atoms with van der Waals surface area (Å²) < 4.78 is 11.9. The monoisotopic (exact) mass is 377 g/mol. The number of rotatable bonds is 4. The number of hydrogen-bond acceptors (Lipinski definition) is 4. The molecule has 0 atom stereocenters. The van der Waals surface area contributed by atoms with Crippen LogP contribution in [-0.2, 0) is 4.74 Å². The fourth-order valence-corrected chi connectivity index (χ4v) is 4.60. The Morgan fingerprint density at radius 1 is 0.893 bits per heavy atom. The average molecular weight is 377 g/mol. The maximum atomic E-state index is 6.40. The van der Waals surface area contributed by atoms with Gasteiger partial charge in [0.05, 0.1) is 11.0 Å². The van der Waals surface area contributed by atoms with Crippen molar-refractivity contribution in [2.75, 3.05) is 13.2 Å². The standard InChI is InChI=1S/C23H27N3O2/c1-2-6-21-20(5-1)25-22(26-21)17-7-9-18(10-8-17)28-23-19(4-3-13-24-23)16-11-14-27-15-12-16/h1-6,13,16-18H,7-12,14-15H2,(H,25,26). The zero-order valence-electron chi connectivity index (χ0n) is 16.1. The Morgan fingerprint density at radius 3 is 2.54 bits per heavy atom. The first-order chi connectivity index (χ1) is 13.9. The number of ether oxygens (including phenoxy) is 2. The van der Waals surface area contributed by atoms with Gasteiger partial charge in [-0.25, -0.2) is 9.97 Å². The Bertz CT molecular complexity index is 891. The van der Waals surface area contributed by atoms with Crippen molar-refractivity contribution in [3.05, 3.63) is 54.0 Å². The van der Waals surface area contributed by atoms with Gasteiger partial charge in [0, 0.05) is 30.9 Å². The van der Waals surface area contributed by atoms with Crippen molar-refractivity contribution in [1.29, 1.82) is 0 Å².